The average Bonchev–Trinajstić information content (AvgIpc) is 3.17. The third-order valence-electron chi connectivity index (χ3n) is 6.10. The number of amides is 1. The van der Waals surface area contributed by atoms with Crippen molar-refractivity contribution in [2.24, 2.45) is 5.73 Å². The van der Waals surface area contributed by atoms with Gasteiger partial charge in [0.1, 0.15) is 0 Å². The van der Waals surface area contributed by atoms with E-state index in [1.54, 1.807) is 7.11 Å². The number of pyridine rings is 1. The predicted molar refractivity (Wildman–Crippen MR) is 133 cm³/mol. The van der Waals surface area contributed by atoms with Gasteiger partial charge in [0.05, 0.1) is 23.4 Å². The van der Waals surface area contributed by atoms with Gasteiger partial charge in [0.15, 0.2) is 0 Å². The topological polar surface area (TPSA) is 73.4 Å². The van der Waals surface area contributed by atoms with Gasteiger partial charge < -0.3 is 19.9 Å². The predicted octanol–water partition coefficient (Wildman–Crippen LogP) is 4.31. The third kappa shape index (κ3) is 5.26. The Morgan fingerprint density at radius 3 is 2.56 bits per heavy atom. The third-order valence-corrected chi connectivity index (χ3v) is 6.10. The van der Waals surface area contributed by atoms with E-state index in [1.165, 1.54) is 5.56 Å². The molecule has 8 heteroatoms. The number of ether oxygens (including phenoxy) is 1. The maximum atomic E-state index is 13.4. The lowest BCUT2D eigenvalue weighted by Gasteiger charge is -2.31. The fraction of sp³-hybridized carbons (Fsp3) is 0.417. The van der Waals surface area contributed by atoms with E-state index in [-0.39, 0.29) is 30.7 Å². The van der Waals surface area contributed by atoms with Crippen LogP contribution in [0.1, 0.15) is 46.1 Å². The van der Waals surface area contributed by atoms with Crippen LogP contribution >= 0.6 is 24.8 Å². The second-order valence-electron chi connectivity index (χ2n) is 8.02. The molecular weight excluding hydrogens is 447 g/mol. The summed E-state index contributed by atoms with van der Waals surface area (Å²) >= 11 is 0. The summed E-state index contributed by atoms with van der Waals surface area (Å²) in [7, 11) is 1.70. The highest BCUT2D eigenvalue weighted by molar-refractivity contribution is 6.07. The number of likely N-dealkylation sites (tertiary alicyclic amines) is 1. The zero-order valence-electron chi connectivity index (χ0n) is 18.6. The van der Waals surface area contributed by atoms with Gasteiger partial charge in [-0.2, -0.15) is 0 Å². The van der Waals surface area contributed by atoms with Crippen molar-refractivity contribution in [1.82, 2.24) is 14.5 Å². The minimum Gasteiger partial charge on any atom is -0.383 e. The first-order chi connectivity index (χ1) is 14.6. The largest absolute Gasteiger partial charge is 0.383 e. The first kappa shape index (κ1) is 26.1. The Hall–Kier alpha value is -2.12. The van der Waals surface area contributed by atoms with E-state index in [0.717, 1.165) is 60.3 Å². The standard InChI is InChI=1S/C24H30N4O2.2ClH/c1-17-5-3-7-20-21(16-28(23(17)20)13-14-30-2)24(29)27-11-9-18(10-12-27)22-8-4-6-19(15-25)26-22;;/h3-8,16,18H,9-15,25H2,1-2H3;2*1H. The van der Waals surface area contributed by atoms with E-state index >= 15 is 0 Å². The zero-order valence-corrected chi connectivity index (χ0v) is 20.3. The van der Waals surface area contributed by atoms with Gasteiger partial charge in [-0.3, -0.25) is 9.78 Å². The molecule has 0 atom stereocenters. The van der Waals surface area contributed by atoms with Crippen LogP contribution in [0.15, 0.2) is 42.6 Å². The van der Waals surface area contributed by atoms with E-state index in [4.69, 9.17) is 10.5 Å². The van der Waals surface area contributed by atoms with E-state index in [2.05, 4.69) is 28.6 Å². The van der Waals surface area contributed by atoms with Gasteiger partial charge in [-0.25, -0.2) is 0 Å². The summed E-state index contributed by atoms with van der Waals surface area (Å²) in [4.78, 5) is 20.1. The molecule has 0 radical (unpaired) electrons. The number of benzene rings is 1. The Kier molecular flexibility index (Phi) is 9.52. The summed E-state index contributed by atoms with van der Waals surface area (Å²) in [6.45, 7) is 5.39. The average molecular weight is 479 g/mol. The normalized spacial score (nSPS) is 14.2. The number of piperidine rings is 1. The van der Waals surface area contributed by atoms with Crippen molar-refractivity contribution < 1.29 is 9.53 Å². The van der Waals surface area contributed by atoms with E-state index < -0.39 is 0 Å². The molecule has 0 bridgehead atoms. The molecule has 0 aliphatic carbocycles. The van der Waals surface area contributed by atoms with Crippen LogP contribution in [0.3, 0.4) is 0 Å². The number of aryl methyl sites for hydroxylation is 1. The molecule has 1 amide bonds. The van der Waals surface area contributed by atoms with Crippen molar-refractivity contribution in [1.29, 1.82) is 0 Å². The van der Waals surface area contributed by atoms with Gasteiger partial charge in [-0.05, 0) is 37.5 Å². The fourth-order valence-electron chi connectivity index (χ4n) is 4.47. The number of fused-ring (bicyclic) bond motifs is 1. The molecule has 3 heterocycles. The number of methoxy groups -OCH3 is 1. The van der Waals surface area contributed by atoms with Crippen molar-refractivity contribution in [3.8, 4) is 0 Å². The van der Waals surface area contributed by atoms with Gasteiger partial charge in [-0.1, -0.05) is 24.3 Å². The summed E-state index contributed by atoms with van der Waals surface area (Å²) < 4.78 is 7.41. The monoisotopic (exact) mass is 478 g/mol. The molecule has 4 rings (SSSR count). The van der Waals surface area contributed by atoms with Crippen molar-refractivity contribution in [3.63, 3.8) is 0 Å². The lowest BCUT2D eigenvalue weighted by molar-refractivity contribution is 0.0713. The number of hydrogen-bond donors (Lipinski definition) is 1. The Morgan fingerprint density at radius 1 is 1.16 bits per heavy atom. The van der Waals surface area contributed by atoms with E-state index in [1.807, 2.05) is 35.4 Å². The molecule has 2 aromatic heterocycles. The van der Waals surface area contributed by atoms with Crippen molar-refractivity contribution >= 4 is 41.6 Å². The summed E-state index contributed by atoms with van der Waals surface area (Å²) in [5.74, 6) is 0.495. The maximum Gasteiger partial charge on any atom is 0.256 e. The molecule has 0 unspecified atom stereocenters. The van der Waals surface area contributed by atoms with Crippen LogP contribution < -0.4 is 5.73 Å². The van der Waals surface area contributed by atoms with Gasteiger partial charge in [-0.15, -0.1) is 24.8 Å². The minimum absolute atomic E-state index is 0. The lowest BCUT2D eigenvalue weighted by Crippen LogP contribution is -2.38. The van der Waals surface area contributed by atoms with Crippen LogP contribution in [0.5, 0.6) is 0 Å². The second-order valence-corrected chi connectivity index (χ2v) is 8.02. The van der Waals surface area contributed by atoms with Crippen LogP contribution in [0, 0.1) is 6.92 Å². The summed E-state index contributed by atoms with van der Waals surface area (Å²) in [6, 6.07) is 12.2. The summed E-state index contributed by atoms with van der Waals surface area (Å²) in [6.07, 6.45) is 3.85. The van der Waals surface area contributed by atoms with Crippen LogP contribution in [0.4, 0.5) is 0 Å². The number of halogens is 2. The molecule has 1 aliphatic heterocycles. The number of rotatable bonds is 6. The molecule has 0 spiro atoms. The maximum absolute atomic E-state index is 13.4. The number of hydrogen-bond acceptors (Lipinski definition) is 4. The SMILES string of the molecule is COCCn1cc(C(=O)N2CCC(c3cccc(CN)n3)CC2)c2cccc(C)c21.Cl.Cl. The van der Waals surface area contributed by atoms with E-state index in [9.17, 15) is 4.79 Å². The number of carbonyl (C=O) groups is 1. The first-order valence-corrected chi connectivity index (χ1v) is 10.6. The smallest absolute Gasteiger partial charge is 0.256 e. The van der Waals surface area contributed by atoms with Crippen molar-refractivity contribution in [2.45, 2.75) is 38.8 Å². The van der Waals surface area contributed by atoms with Crippen LogP contribution in [0.2, 0.25) is 0 Å². The quantitative estimate of drug-likeness (QED) is 0.572. The molecule has 1 saturated heterocycles. The summed E-state index contributed by atoms with van der Waals surface area (Å²) in [5, 5.41) is 1.02. The van der Waals surface area contributed by atoms with Crippen LogP contribution in [0.25, 0.3) is 10.9 Å². The highest BCUT2D eigenvalue weighted by Gasteiger charge is 2.27. The number of para-hydroxylation sites is 1. The van der Waals surface area contributed by atoms with Gasteiger partial charge in [0.25, 0.3) is 5.91 Å². The molecule has 6 nitrogen and oxygen atoms in total. The number of nitrogens with zero attached hydrogens (tertiary/aromatic N) is 3. The second kappa shape index (κ2) is 11.7. The first-order valence-electron chi connectivity index (χ1n) is 10.6. The number of nitrogens with two attached hydrogens (primary N) is 1. The molecule has 0 saturated carbocycles. The fourth-order valence-corrected chi connectivity index (χ4v) is 4.47. The minimum atomic E-state index is 0. The highest BCUT2D eigenvalue weighted by atomic mass is 35.5. The van der Waals surface area contributed by atoms with Crippen LogP contribution in [-0.4, -0.2) is 47.2 Å². The molecule has 3 aromatic rings. The molecule has 174 valence electrons. The molecule has 32 heavy (non-hydrogen) atoms. The number of aromatic nitrogens is 2. The van der Waals surface area contributed by atoms with Crippen molar-refractivity contribution in [2.75, 3.05) is 26.8 Å². The van der Waals surface area contributed by atoms with Crippen LogP contribution in [-0.2, 0) is 17.8 Å². The molecule has 1 aliphatic rings. The van der Waals surface area contributed by atoms with Crippen molar-refractivity contribution in [3.05, 3.63) is 65.1 Å². The lowest BCUT2D eigenvalue weighted by atomic mass is 9.92. The van der Waals surface area contributed by atoms with Gasteiger partial charge >= 0.3 is 0 Å². The molecule has 1 aromatic carbocycles. The Labute approximate surface area is 201 Å². The molecular formula is C24H32Cl2N4O2. The Morgan fingerprint density at radius 2 is 1.88 bits per heavy atom. The summed E-state index contributed by atoms with van der Waals surface area (Å²) in [5.41, 5.74) is 10.8. The van der Waals surface area contributed by atoms with Gasteiger partial charge in [0, 0.05) is 56.5 Å². The van der Waals surface area contributed by atoms with Gasteiger partial charge in [0.2, 0.25) is 0 Å². The molecule has 1 fully saturated rings. The molecule has 2 N–H and O–H groups in total. The number of carbonyl (C=O) groups excluding carboxylic acids is 1. The Bertz CT molecular complexity index is 1050. The Balaban J connectivity index is 0.00000181. The zero-order chi connectivity index (χ0) is 21.1. The highest BCUT2D eigenvalue weighted by Crippen LogP contribution is 2.30. The van der Waals surface area contributed by atoms with E-state index in [0.29, 0.717) is 19.1 Å².